The maximum absolute atomic E-state index is 5.64. The highest BCUT2D eigenvalue weighted by Crippen LogP contribution is 2.16. The summed E-state index contributed by atoms with van der Waals surface area (Å²) in [5.74, 6) is 2.57. The van der Waals surface area contributed by atoms with E-state index in [0.29, 0.717) is 6.54 Å². The Bertz CT molecular complexity index is 595. The van der Waals surface area contributed by atoms with Crippen molar-refractivity contribution in [3.63, 3.8) is 0 Å². The van der Waals surface area contributed by atoms with Gasteiger partial charge in [-0.15, -0.1) is 24.0 Å². The molecule has 1 aromatic heterocycles. The molecule has 0 aliphatic heterocycles. The number of rotatable bonds is 7. The smallest absolute Gasteiger partial charge is 0.195 e. The molecule has 2 rings (SSSR count). The zero-order chi connectivity index (χ0) is 16.5. The van der Waals surface area contributed by atoms with Gasteiger partial charge in [0.1, 0.15) is 11.5 Å². The second-order valence-electron chi connectivity index (χ2n) is 5.41. The van der Waals surface area contributed by atoms with Crippen molar-refractivity contribution >= 4 is 35.6 Å². The summed E-state index contributed by atoms with van der Waals surface area (Å²) in [6.45, 7) is 7.55. The normalized spacial score (nSPS) is 11.1. The molecule has 1 aromatic carbocycles. The average Bonchev–Trinajstić information content (AvgIpc) is 3.02. The fraction of sp³-hybridized carbons (Fsp3) is 0.389. The molecule has 2 N–H and O–H groups in total. The lowest BCUT2D eigenvalue weighted by Gasteiger charge is -2.13. The summed E-state index contributed by atoms with van der Waals surface area (Å²) in [4.78, 5) is 4.56. The minimum Gasteiger partial charge on any atom is -0.491 e. The number of aliphatic imine (C=N–C) groups is 1. The van der Waals surface area contributed by atoms with Crippen LogP contribution in [-0.2, 0) is 6.42 Å². The van der Waals surface area contributed by atoms with Crippen molar-refractivity contribution in [2.75, 3.05) is 18.4 Å². The Labute approximate surface area is 160 Å². The lowest BCUT2D eigenvalue weighted by molar-refractivity contribution is 0.242. The highest BCUT2D eigenvalue weighted by molar-refractivity contribution is 14.0. The molecule has 2 aromatic rings. The first kappa shape index (κ1) is 20.3. The van der Waals surface area contributed by atoms with E-state index in [0.717, 1.165) is 36.1 Å². The molecule has 0 amide bonds. The van der Waals surface area contributed by atoms with E-state index in [1.165, 1.54) is 0 Å². The Kier molecular flexibility index (Phi) is 9.29. The lowest BCUT2D eigenvalue weighted by atomic mass is 10.3. The average molecular weight is 443 g/mol. The van der Waals surface area contributed by atoms with Crippen LogP contribution in [-0.4, -0.2) is 25.2 Å². The van der Waals surface area contributed by atoms with Crippen LogP contribution in [0.4, 0.5) is 5.69 Å². The van der Waals surface area contributed by atoms with Crippen LogP contribution < -0.4 is 15.4 Å². The first-order chi connectivity index (χ1) is 11.2. The van der Waals surface area contributed by atoms with Crippen LogP contribution in [0.5, 0.6) is 5.75 Å². The van der Waals surface area contributed by atoms with Crippen LogP contribution in [0.3, 0.4) is 0 Å². The number of anilines is 1. The van der Waals surface area contributed by atoms with E-state index in [1.807, 2.05) is 57.2 Å². The van der Waals surface area contributed by atoms with Gasteiger partial charge in [-0.2, -0.15) is 0 Å². The van der Waals surface area contributed by atoms with Gasteiger partial charge in [-0.05, 0) is 57.2 Å². The summed E-state index contributed by atoms with van der Waals surface area (Å²) in [6, 6.07) is 11.7. The molecule has 0 radical (unpaired) electrons. The van der Waals surface area contributed by atoms with Crippen LogP contribution >= 0.6 is 24.0 Å². The molecular weight excluding hydrogens is 417 g/mol. The van der Waals surface area contributed by atoms with Gasteiger partial charge in [0.25, 0.3) is 0 Å². The van der Waals surface area contributed by atoms with Gasteiger partial charge >= 0.3 is 0 Å². The molecule has 0 unspecified atom stereocenters. The molecule has 0 aliphatic rings. The van der Waals surface area contributed by atoms with Gasteiger partial charge in [-0.1, -0.05) is 0 Å². The van der Waals surface area contributed by atoms with Crippen molar-refractivity contribution in [2.45, 2.75) is 33.3 Å². The molecule has 0 fully saturated rings. The standard InChI is InChI=1S/C18H25N3O2.HI/c1-4-19-18(20-12-11-16-6-5-13-22-16)21-15-7-9-17(10-8-15)23-14(2)3;/h5-10,13-14H,4,11-12H2,1-3H3,(H2,19,20,21);1H. The third kappa shape index (κ3) is 7.25. The number of nitrogens with zero attached hydrogens (tertiary/aromatic N) is 1. The van der Waals surface area contributed by atoms with Gasteiger partial charge in [0.15, 0.2) is 5.96 Å². The predicted octanol–water partition coefficient (Wildman–Crippen LogP) is 4.30. The highest BCUT2D eigenvalue weighted by Gasteiger charge is 2.02. The molecule has 0 bridgehead atoms. The lowest BCUT2D eigenvalue weighted by Crippen LogP contribution is -2.30. The molecule has 0 saturated heterocycles. The molecule has 0 saturated carbocycles. The zero-order valence-electron chi connectivity index (χ0n) is 14.4. The number of hydrogen-bond acceptors (Lipinski definition) is 3. The maximum Gasteiger partial charge on any atom is 0.195 e. The van der Waals surface area contributed by atoms with Crippen LogP contribution in [0, 0.1) is 0 Å². The monoisotopic (exact) mass is 443 g/mol. The second kappa shape index (κ2) is 11.0. The zero-order valence-corrected chi connectivity index (χ0v) is 16.7. The van der Waals surface area contributed by atoms with Gasteiger partial charge in [-0.25, -0.2) is 0 Å². The number of guanidine groups is 1. The van der Waals surface area contributed by atoms with Crippen molar-refractivity contribution in [3.8, 4) is 5.75 Å². The third-order valence-corrected chi connectivity index (χ3v) is 3.04. The number of benzene rings is 1. The topological polar surface area (TPSA) is 58.8 Å². The van der Waals surface area contributed by atoms with E-state index >= 15 is 0 Å². The Morgan fingerprint density at radius 3 is 2.54 bits per heavy atom. The predicted molar refractivity (Wildman–Crippen MR) is 110 cm³/mol. The SMILES string of the molecule is CCNC(=NCCc1ccco1)Nc1ccc(OC(C)C)cc1.I. The molecule has 5 nitrogen and oxygen atoms in total. The fourth-order valence-corrected chi connectivity index (χ4v) is 2.07. The summed E-state index contributed by atoms with van der Waals surface area (Å²) in [5.41, 5.74) is 0.971. The molecule has 0 spiro atoms. The molecule has 1 heterocycles. The van der Waals surface area contributed by atoms with Crippen LogP contribution in [0.25, 0.3) is 0 Å². The van der Waals surface area contributed by atoms with Gasteiger partial charge < -0.3 is 19.8 Å². The van der Waals surface area contributed by atoms with E-state index in [-0.39, 0.29) is 30.1 Å². The molecule has 0 atom stereocenters. The van der Waals surface area contributed by atoms with Gasteiger partial charge in [0.05, 0.1) is 12.4 Å². The van der Waals surface area contributed by atoms with E-state index in [9.17, 15) is 0 Å². The van der Waals surface area contributed by atoms with E-state index < -0.39 is 0 Å². The van der Waals surface area contributed by atoms with Crippen molar-refractivity contribution < 1.29 is 9.15 Å². The maximum atomic E-state index is 5.64. The molecule has 6 heteroatoms. The number of halogens is 1. The van der Waals surface area contributed by atoms with Crippen LogP contribution in [0.1, 0.15) is 26.5 Å². The molecule has 0 aliphatic carbocycles. The number of hydrogen-bond donors (Lipinski definition) is 2. The van der Waals surface area contributed by atoms with Gasteiger partial charge in [-0.3, -0.25) is 4.99 Å². The van der Waals surface area contributed by atoms with Crippen molar-refractivity contribution in [1.82, 2.24) is 5.32 Å². The Morgan fingerprint density at radius 1 is 1.21 bits per heavy atom. The third-order valence-electron chi connectivity index (χ3n) is 3.04. The summed E-state index contributed by atoms with van der Waals surface area (Å²) >= 11 is 0. The van der Waals surface area contributed by atoms with Crippen LogP contribution in [0.2, 0.25) is 0 Å². The molecule has 24 heavy (non-hydrogen) atoms. The summed E-state index contributed by atoms with van der Waals surface area (Å²) in [5, 5.41) is 6.53. The van der Waals surface area contributed by atoms with E-state index in [1.54, 1.807) is 6.26 Å². The quantitative estimate of drug-likeness (QED) is 0.381. The first-order valence-electron chi connectivity index (χ1n) is 8.02. The second-order valence-corrected chi connectivity index (χ2v) is 5.41. The van der Waals surface area contributed by atoms with E-state index in [2.05, 4.69) is 15.6 Å². The highest BCUT2D eigenvalue weighted by atomic mass is 127. The minimum absolute atomic E-state index is 0. The van der Waals surface area contributed by atoms with Crippen LogP contribution in [0.15, 0.2) is 52.1 Å². The van der Waals surface area contributed by atoms with Gasteiger partial charge in [0, 0.05) is 25.2 Å². The summed E-state index contributed by atoms with van der Waals surface area (Å²) in [7, 11) is 0. The summed E-state index contributed by atoms with van der Waals surface area (Å²) in [6.07, 6.45) is 2.64. The number of ether oxygens (including phenoxy) is 1. The fourth-order valence-electron chi connectivity index (χ4n) is 2.07. The van der Waals surface area contributed by atoms with Crippen molar-refractivity contribution in [1.29, 1.82) is 0 Å². The number of nitrogens with one attached hydrogen (secondary N) is 2. The Morgan fingerprint density at radius 2 is 1.96 bits per heavy atom. The van der Waals surface area contributed by atoms with E-state index in [4.69, 9.17) is 9.15 Å². The van der Waals surface area contributed by atoms with Crippen molar-refractivity contribution in [2.24, 2.45) is 4.99 Å². The van der Waals surface area contributed by atoms with Crippen molar-refractivity contribution in [3.05, 3.63) is 48.4 Å². The Hall–Kier alpha value is -1.70. The van der Waals surface area contributed by atoms with Gasteiger partial charge in [0.2, 0.25) is 0 Å². The number of furan rings is 1. The largest absolute Gasteiger partial charge is 0.491 e. The first-order valence-corrected chi connectivity index (χ1v) is 8.02. The molecule has 132 valence electrons. The minimum atomic E-state index is 0. The Balaban J connectivity index is 0.00000288. The summed E-state index contributed by atoms with van der Waals surface area (Å²) < 4.78 is 11.0. The molecular formula is C18H26IN3O2.